The van der Waals surface area contributed by atoms with Crippen molar-refractivity contribution in [3.8, 4) is 11.8 Å². The first-order valence-electron chi connectivity index (χ1n) is 8.21. The van der Waals surface area contributed by atoms with E-state index in [1.807, 2.05) is 19.9 Å². The number of carbonyl (C=O) groups excluding carboxylic acids is 1. The Balaban J connectivity index is 2.29. The lowest BCUT2D eigenvalue weighted by Gasteiger charge is -2.08. The minimum atomic E-state index is -0.599. The second kappa shape index (κ2) is 8.63. The van der Waals surface area contributed by atoms with Crippen LogP contribution in [-0.2, 0) is 4.79 Å². The standard InChI is InChI=1S/C20H19N3O4/c1-13(2)18-9-4-14(11-19(18)23(25)26)10-15(12-21)20(24)22-16-5-7-17(27-3)8-6-16/h4-11,13H,1-3H3,(H,22,24)/b15-10-. The molecule has 0 saturated heterocycles. The van der Waals surface area contributed by atoms with Crippen molar-refractivity contribution in [3.63, 3.8) is 0 Å². The third-order valence-corrected chi connectivity index (χ3v) is 3.90. The molecule has 0 aliphatic carbocycles. The first-order chi connectivity index (χ1) is 12.8. The van der Waals surface area contributed by atoms with Gasteiger partial charge in [0, 0.05) is 17.3 Å². The van der Waals surface area contributed by atoms with Gasteiger partial charge in [-0.1, -0.05) is 26.0 Å². The summed E-state index contributed by atoms with van der Waals surface area (Å²) >= 11 is 0. The van der Waals surface area contributed by atoms with E-state index in [-0.39, 0.29) is 17.2 Å². The van der Waals surface area contributed by atoms with Gasteiger partial charge < -0.3 is 10.1 Å². The van der Waals surface area contributed by atoms with E-state index in [1.54, 1.807) is 36.4 Å². The number of nitrogens with zero attached hydrogens (tertiary/aromatic N) is 2. The van der Waals surface area contributed by atoms with Gasteiger partial charge in [-0.15, -0.1) is 0 Å². The van der Waals surface area contributed by atoms with Gasteiger partial charge in [0.1, 0.15) is 17.4 Å². The van der Waals surface area contributed by atoms with Crippen LogP contribution in [0.4, 0.5) is 11.4 Å². The average Bonchev–Trinajstić information content (AvgIpc) is 2.66. The van der Waals surface area contributed by atoms with Crippen molar-refractivity contribution in [3.05, 3.63) is 69.3 Å². The molecule has 0 unspecified atom stereocenters. The van der Waals surface area contributed by atoms with Crippen molar-refractivity contribution in [1.29, 1.82) is 5.26 Å². The minimum absolute atomic E-state index is 0.0164. The molecule has 0 heterocycles. The van der Waals surface area contributed by atoms with Crippen LogP contribution in [0.1, 0.15) is 30.9 Å². The lowest BCUT2D eigenvalue weighted by atomic mass is 9.98. The van der Waals surface area contributed by atoms with Gasteiger partial charge >= 0.3 is 0 Å². The summed E-state index contributed by atoms with van der Waals surface area (Å²) in [4.78, 5) is 23.2. The molecule has 0 spiro atoms. The number of methoxy groups -OCH3 is 1. The van der Waals surface area contributed by atoms with Gasteiger partial charge in [0.2, 0.25) is 0 Å². The van der Waals surface area contributed by atoms with E-state index in [1.165, 1.54) is 19.3 Å². The van der Waals surface area contributed by atoms with Crippen LogP contribution < -0.4 is 10.1 Å². The van der Waals surface area contributed by atoms with Gasteiger partial charge in [-0.05, 0) is 41.8 Å². The van der Waals surface area contributed by atoms with Crippen molar-refractivity contribution < 1.29 is 14.5 Å². The second-order valence-electron chi connectivity index (χ2n) is 6.08. The van der Waals surface area contributed by atoms with Crippen molar-refractivity contribution in [2.24, 2.45) is 0 Å². The molecular weight excluding hydrogens is 346 g/mol. The number of hydrogen-bond donors (Lipinski definition) is 1. The Morgan fingerprint density at radius 1 is 1.26 bits per heavy atom. The second-order valence-corrected chi connectivity index (χ2v) is 6.08. The highest BCUT2D eigenvalue weighted by Gasteiger charge is 2.17. The predicted octanol–water partition coefficient (Wildman–Crippen LogP) is 4.27. The third kappa shape index (κ3) is 4.92. The van der Waals surface area contributed by atoms with E-state index < -0.39 is 10.8 Å². The van der Waals surface area contributed by atoms with Gasteiger partial charge in [-0.25, -0.2) is 0 Å². The molecular formula is C20H19N3O4. The molecule has 7 nitrogen and oxygen atoms in total. The van der Waals surface area contributed by atoms with Gasteiger partial charge in [0.05, 0.1) is 12.0 Å². The molecule has 0 bridgehead atoms. The number of anilines is 1. The summed E-state index contributed by atoms with van der Waals surface area (Å²) in [5.74, 6) is 0.0251. The Bertz CT molecular complexity index is 925. The highest BCUT2D eigenvalue weighted by molar-refractivity contribution is 6.09. The highest BCUT2D eigenvalue weighted by atomic mass is 16.6. The molecule has 2 aromatic rings. The largest absolute Gasteiger partial charge is 0.497 e. The molecule has 0 saturated carbocycles. The first kappa shape index (κ1) is 19.7. The fourth-order valence-electron chi connectivity index (χ4n) is 2.48. The van der Waals surface area contributed by atoms with E-state index in [4.69, 9.17) is 4.74 Å². The third-order valence-electron chi connectivity index (χ3n) is 3.90. The molecule has 0 radical (unpaired) electrons. The number of hydrogen-bond acceptors (Lipinski definition) is 5. The summed E-state index contributed by atoms with van der Waals surface area (Å²) in [6.45, 7) is 3.72. The molecule has 138 valence electrons. The van der Waals surface area contributed by atoms with Crippen LogP contribution in [0.15, 0.2) is 48.0 Å². The van der Waals surface area contributed by atoms with E-state index in [2.05, 4.69) is 5.32 Å². The van der Waals surface area contributed by atoms with Crippen molar-refractivity contribution in [2.45, 2.75) is 19.8 Å². The molecule has 1 amide bonds. The summed E-state index contributed by atoms with van der Waals surface area (Å²) in [7, 11) is 1.54. The Morgan fingerprint density at radius 3 is 2.44 bits per heavy atom. The van der Waals surface area contributed by atoms with Crippen molar-refractivity contribution in [1.82, 2.24) is 0 Å². The molecule has 27 heavy (non-hydrogen) atoms. The van der Waals surface area contributed by atoms with Gasteiger partial charge in [0.25, 0.3) is 11.6 Å². The maximum Gasteiger partial charge on any atom is 0.273 e. The number of nitriles is 1. The quantitative estimate of drug-likeness (QED) is 0.356. The SMILES string of the molecule is COc1ccc(NC(=O)/C(C#N)=C\c2ccc(C(C)C)c([N+](=O)[O-])c2)cc1. The molecule has 2 aromatic carbocycles. The van der Waals surface area contributed by atoms with Gasteiger partial charge in [-0.2, -0.15) is 5.26 Å². The Kier molecular flexibility index (Phi) is 6.28. The maximum absolute atomic E-state index is 12.3. The van der Waals surface area contributed by atoms with Crippen LogP contribution in [0.25, 0.3) is 6.08 Å². The topological polar surface area (TPSA) is 105 Å². The predicted molar refractivity (Wildman–Crippen MR) is 102 cm³/mol. The molecule has 0 aliphatic heterocycles. The molecule has 0 fully saturated rings. The highest BCUT2D eigenvalue weighted by Crippen LogP contribution is 2.28. The van der Waals surface area contributed by atoms with Crippen LogP contribution in [0.3, 0.4) is 0 Å². The maximum atomic E-state index is 12.3. The van der Waals surface area contributed by atoms with Gasteiger partial charge in [0.15, 0.2) is 0 Å². The molecule has 2 rings (SSSR count). The van der Waals surface area contributed by atoms with E-state index in [9.17, 15) is 20.2 Å². The number of nitrogens with one attached hydrogen (secondary N) is 1. The molecule has 1 N–H and O–H groups in total. The number of amides is 1. The average molecular weight is 365 g/mol. The smallest absolute Gasteiger partial charge is 0.273 e. The van der Waals surface area contributed by atoms with Crippen LogP contribution in [0.2, 0.25) is 0 Å². The van der Waals surface area contributed by atoms with Crippen LogP contribution in [-0.4, -0.2) is 17.9 Å². The Labute approximate surface area is 157 Å². The number of nitro groups is 1. The summed E-state index contributed by atoms with van der Waals surface area (Å²) in [5, 5.41) is 23.2. The number of benzene rings is 2. The zero-order chi connectivity index (χ0) is 20.0. The minimum Gasteiger partial charge on any atom is -0.497 e. The zero-order valence-electron chi connectivity index (χ0n) is 15.2. The number of ether oxygens (including phenoxy) is 1. The fraction of sp³-hybridized carbons (Fsp3) is 0.200. The monoisotopic (exact) mass is 365 g/mol. The Morgan fingerprint density at radius 2 is 1.93 bits per heavy atom. The van der Waals surface area contributed by atoms with Crippen LogP contribution in [0.5, 0.6) is 5.75 Å². The van der Waals surface area contributed by atoms with Crippen LogP contribution >= 0.6 is 0 Å². The molecule has 0 aliphatic rings. The lowest BCUT2D eigenvalue weighted by Crippen LogP contribution is -2.13. The summed E-state index contributed by atoms with van der Waals surface area (Å²) in [5.41, 5.74) is 1.32. The van der Waals surface area contributed by atoms with Gasteiger partial charge in [-0.3, -0.25) is 14.9 Å². The van der Waals surface area contributed by atoms with Crippen LogP contribution in [0, 0.1) is 21.4 Å². The normalized spacial score (nSPS) is 11.0. The number of carbonyl (C=O) groups is 1. The Hall–Kier alpha value is -3.66. The summed E-state index contributed by atoms with van der Waals surface area (Å²) < 4.78 is 5.05. The molecule has 0 aromatic heterocycles. The van der Waals surface area contributed by atoms with Crippen molar-refractivity contribution in [2.75, 3.05) is 12.4 Å². The number of rotatable bonds is 6. The molecule has 7 heteroatoms. The van der Waals surface area contributed by atoms with Crippen molar-refractivity contribution >= 4 is 23.4 Å². The summed E-state index contributed by atoms with van der Waals surface area (Å²) in [6, 6.07) is 13.2. The number of nitro benzene ring substituents is 1. The van der Waals surface area contributed by atoms with E-state index in [0.29, 0.717) is 22.6 Å². The zero-order valence-corrected chi connectivity index (χ0v) is 15.2. The molecule has 0 atom stereocenters. The fourth-order valence-corrected chi connectivity index (χ4v) is 2.48. The van der Waals surface area contributed by atoms with E-state index >= 15 is 0 Å². The van der Waals surface area contributed by atoms with E-state index in [0.717, 1.165) is 0 Å². The first-order valence-corrected chi connectivity index (χ1v) is 8.21. The lowest BCUT2D eigenvalue weighted by molar-refractivity contribution is -0.385. The summed E-state index contributed by atoms with van der Waals surface area (Å²) in [6.07, 6.45) is 1.33.